The first-order valence-electron chi connectivity index (χ1n) is 10.0. The lowest BCUT2D eigenvalue weighted by Crippen LogP contribution is -2.46. The van der Waals surface area contributed by atoms with Gasteiger partial charge < -0.3 is 15.0 Å². The molecule has 0 spiro atoms. The largest absolute Gasteiger partial charge is 0.370 e. The Morgan fingerprint density at radius 1 is 1.22 bits per heavy atom. The van der Waals surface area contributed by atoms with E-state index in [-0.39, 0.29) is 29.9 Å². The number of nitrogens with one attached hydrogen (secondary N) is 1. The molecule has 2 saturated heterocycles. The Morgan fingerprint density at radius 2 is 2.04 bits per heavy atom. The van der Waals surface area contributed by atoms with Crippen LogP contribution in [0.3, 0.4) is 0 Å². The second kappa shape index (κ2) is 8.19. The normalized spacial score (nSPS) is 28.2. The molecule has 1 saturated carbocycles. The van der Waals surface area contributed by atoms with E-state index in [9.17, 15) is 9.59 Å². The topological polar surface area (TPSA) is 58.6 Å². The minimum absolute atomic E-state index is 0.0226. The molecule has 5 nitrogen and oxygen atoms in total. The maximum absolute atomic E-state index is 12.8. The number of alkyl halides is 1. The monoisotopic (exact) mass is 390 g/mol. The molecule has 2 amide bonds. The Morgan fingerprint density at radius 3 is 2.81 bits per heavy atom. The highest BCUT2D eigenvalue weighted by atomic mass is 35.5. The van der Waals surface area contributed by atoms with Gasteiger partial charge in [-0.25, -0.2) is 0 Å². The Balaban J connectivity index is 1.39. The van der Waals surface area contributed by atoms with Crippen LogP contribution in [0, 0.1) is 11.8 Å². The summed E-state index contributed by atoms with van der Waals surface area (Å²) in [5.74, 6) is 0.743. The van der Waals surface area contributed by atoms with Gasteiger partial charge in [-0.1, -0.05) is 25.0 Å². The van der Waals surface area contributed by atoms with Gasteiger partial charge in [0.25, 0.3) is 0 Å². The van der Waals surface area contributed by atoms with Crippen molar-refractivity contribution in [3.8, 4) is 0 Å². The summed E-state index contributed by atoms with van der Waals surface area (Å²) in [5.41, 5.74) is 1.82. The number of carbonyl (C=O) groups excluding carboxylic acids is 2. The number of amides is 2. The Labute approximate surface area is 165 Å². The van der Waals surface area contributed by atoms with Gasteiger partial charge in [-0.3, -0.25) is 9.59 Å². The van der Waals surface area contributed by atoms with Crippen LogP contribution in [-0.2, 0) is 14.3 Å². The molecule has 1 aromatic carbocycles. The molecule has 1 aliphatic carbocycles. The number of anilines is 1. The van der Waals surface area contributed by atoms with Gasteiger partial charge in [-0.2, -0.15) is 0 Å². The number of carbonyl (C=O) groups is 2. The second-order valence-corrected chi connectivity index (χ2v) is 8.29. The Bertz CT molecular complexity index is 704. The van der Waals surface area contributed by atoms with Crippen molar-refractivity contribution < 1.29 is 14.3 Å². The van der Waals surface area contributed by atoms with Gasteiger partial charge in [0.1, 0.15) is 5.88 Å². The van der Waals surface area contributed by atoms with E-state index in [2.05, 4.69) is 10.2 Å². The van der Waals surface area contributed by atoms with Gasteiger partial charge in [0.2, 0.25) is 11.8 Å². The van der Waals surface area contributed by atoms with Crippen molar-refractivity contribution in [1.29, 1.82) is 0 Å². The molecular formula is C21H27ClN2O3. The molecule has 3 aliphatic rings. The summed E-state index contributed by atoms with van der Waals surface area (Å²) in [7, 11) is 0. The average Bonchev–Trinajstić information content (AvgIpc) is 3.36. The van der Waals surface area contributed by atoms with E-state index in [1.165, 1.54) is 12.8 Å². The third-order valence-corrected chi connectivity index (χ3v) is 6.44. The predicted octanol–water partition coefficient (Wildman–Crippen LogP) is 3.73. The van der Waals surface area contributed by atoms with Gasteiger partial charge in [-0.15, -0.1) is 11.6 Å². The first-order chi connectivity index (χ1) is 13.1. The highest BCUT2D eigenvalue weighted by Gasteiger charge is 2.41. The van der Waals surface area contributed by atoms with Crippen LogP contribution < -0.4 is 5.32 Å². The fourth-order valence-corrected chi connectivity index (χ4v) is 4.88. The second-order valence-electron chi connectivity index (χ2n) is 8.02. The molecule has 0 unspecified atom stereocenters. The molecule has 2 aliphatic heterocycles. The van der Waals surface area contributed by atoms with Crippen molar-refractivity contribution in [3.63, 3.8) is 0 Å². The van der Waals surface area contributed by atoms with Crippen LogP contribution in [-0.4, -0.2) is 41.8 Å². The summed E-state index contributed by atoms with van der Waals surface area (Å²) >= 11 is 5.57. The van der Waals surface area contributed by atoms with Crippen LogP contribution in [0.1, 0.15) is 50.2 Å². The number of piperidine rings is 1. The third kappa shape index (κ3) is 4.14. The minimum Gasteiger partial charge on any atom is -0.370 e. The number of likely N-dealkylation sites (tertiary alicyclic amines) is 1. The van der Waals surface area contributed by atoms with Crippen molar-refractivity contribution in [2.24, 2.45) is 11.8 Å². The van der Waals surface area contributed by atoms with Crippen LogP contribution in [0.2, 0.25) is 0 Å². The molecule has 0 bridgehead atoms. The van der Waals surface area contributed by atoms with Crippen molar-refractivity contribution in [2.75, 3.05) is 24.3 Å². The summed E-state index contributed by atoms with van der Waals surface area (Å²) in [6, 6.07) is 7.80. The van der Waals surface area contributed by atoms with E-state index < -0.39 is 0 Å². The van der Waals surface area contributed by atoms with Crippen molar-refractivity contribution in [3.05, 3.63) is 29.8 Å². The summed E-state index contributed by atoms with van der Waals surface area (Å²) in [5, 5.41) is 2.79. The SMILES string of the molecule is O=C(CCl)Nc1cccc([C@H]2C[C@H]3CN(C(=O)C4CCCC4)CC[C@@H]3O2)c1. The molecule has 1 aromatic rings. The molecule has 146 valence electrons. The van der Waals surface area contributed by atoms with Crippen LogP contribution in [0.15, 0.2) is 24.3 Å². The maximum Gasteiger partial charge on any atom is 0.239 e. The molecule has 6 heteroatoms. The number of halogens is 1. The zero-order valence-electron chi connectivity index (χ0n) is 15.5. The summed E-state index contributed by atoms with van der Waals surface area (Å²) in [6.45, 7) is 1.63. The maximum atomic E-state index is 12.8. The molecule has 0 aromatic heterocycles. The lowest BCUT2D eigenvalue weighted by atomic mass is 9.90. The summed E-state index contributed by atoms with van der Waals surface area (Å²) in [4.78, 5) is 26.3. The molecule has 2 heterocycles. The van der Waals surface area contributed by atoms with Gasteiger partial charge >= 0.3 is 0 Å². The molecule has 27 heavy (non-hydrogen) atoms. The number of benzene rings is 1. The highest BCUT2D eigenvalue weighted by molar-refractivity contribution is 6.29. The quantitative estimate of drug-likeness (QED) is 0.797. The first kappa shape index (κ1) is 18.8. The molecule has 4 rings (SSSR count). The molecule has 0 radical (unpaired) electrons. The Hall–Kier alpha value is -1.59. The fraction of sp³-hybridized carbons (Fsp3) is 0.619. The number of rotatable bonds is 4. The van der Waals surface area contributed by atoms with Gasteiger partial charge in [0, 0.05) is 30.6 Å². The zero-order valence-corrected chi connectivity index (χ0v) is 16.3. The summed E-state index contributed by atoms with van der Waals surface area (Å²) in [6.07, 6.45) is 6.59. The predicted molar refractivity (Wildman–Crippen MR) is 105 cm³/mol. The van der Waals surface area contributed by atoms with Gasteiger partial charge in [0.05, 0.1) is 12.2 Å². The van der Waals surface area contributed by atoms with E-state index in [0.717, 1.165) is 50.0 Å². The Kier molecular flexibility index (Phi) is 5.69. The van der Waals surface area contributed by atoms with Crippen LogP contribution in [0.25, 0.3) is 0 Å². The van der Waals surface area contributed by atoms with E-state index in [1.807, 2.05) is 24.3 Å². The highest BCUT2D eigenvalue weighted by Crippen LogP contribution is 2.41. The lowest BCUT2D eigenvalue weighted by molar-refractivity contribution is -0.138. The van der Waals surface area contributed by atoms with E-state index in [0.29, 0.717) is 11.8 Å². The van der Waals surface area contributed by atoms with E-state index in [1.54, 1.807) is 0 Å². The van der Waals surface area contributed by atoms with Crippen LogP contribution in [0.5, 0.6) is 0 Å². The van der Waals surface area contributed by atoms with Crippen molar-refractivity contribution in [2.45, 2.75) is 50.7 Å². The number of hydrogen-bond acceptors (Lipinski definition) is 3. The van der Waals surface area contributed by atoms with Gasteiger partial charge in [-0.05, 0) is 43.4 Å². The average molecular weight is 391 g/mol. The van der Waals surface area contributed by atoms with Crippen LogP contribution >= 0.6 is 11.6 Å². The van der Waals surface area contributed by atoms with Gasteiger partial charge in [0.15, 0.2) is 0 Å². The molecular weight excluding hydrogens is 364 g/mol. The lowest BCUT2D eigenvalue weighted by Gasteiger charge is -2.35. The molecule has 3 fully saturated rings. The van der Waals surface area contributed by atoms with Crippen molar-refractivity contribution >= 4 is 29.1 Å². The third-order valence-electron chi connectivity index (χ3n) is 6.20. The standard InChI is InChI=1S/C21H27ClN2O3/c22-12-20(25)23-17-7-3-6-15(10-17)19-11-16-13-24(9-8-18(16)27-19)21(26)14-4-1-2-5-14/h3,6-7,10,14,16,18-19H,1-2,4-5,8-9,11-13H2,(H,23,25)/t16-,18-,19+/m0/s1. The van der Waals surface area contributed by atoms with E-state index in [4.69, 9.17) is 16.3 Å². The number of ether oxygens (including phenoxy) is 1. The molecule has 3 atom stereocenters. The number of fused-ring (bicyclic) bond motifs is 1. The first-order valence-corrected chi connectivity index (χ1v) is 10.6. The zero-order chi connectivity index (χ0) is 18.8. The summed E-state index contributed by atoms with van der Waals surface area (Å²) < 4.78 is 6.31. The minimum atomic E-state index is -0.212. The number of hydrogen-bond donors (Lipinski definition) is 1. The van der Waals surface area contributed by atoms with Crippen molar-refractivity contribution in [1.82, 2.24) is 4.90 Å². The van der Waals surface area contributed by atoms with E-state index >= 15 is 0 Å². The molecule has 1 N–H and O–H groups in total. The van der Waals surface area contributed by atoms with Crippen LogP contribution in [0.4, 0.5) is 5.69 Å². The number of nitrogens with zero attached hydrogens (tertiary/aromatic N) is 1. The smallest absolute Gasteiger partial charge is 0.239 e. The fourth-order valence-electron chi connectivity index (χ4n) is 4.81.